The molecule has 1 aromatic carbocycles. The molecule has 0 unspecified atom stereocenters. The molecule has 1 aromatic heterocycles. The van der Waals surface area contributed by atoms with Gasteiger partial charge >= 0.3 is 0 Å². The van der Waals surface area contributed by atoms with Gasteiger partial charge < -0.3 is 20.1 Å². The van der Waals surface area contributed by atoms with E-state index in [9.17, 15) is 0 Å². The van der Waals surface area contributed by atoms with Gasteiger partial charge in [0.15, 0.2) is 11.5 Å². The lowest BCUT2D eigenvalue weighted by atomic mass is 10.3. The lowest BCUT2D eigenvalue weighted by Crippen LogP contribution is -2.15. The van der Waals surface area contributed by atoms with Crippen LogP contribution >= 0.6 is 23.7 Å². The number of benzene rings is 1. The van der Waals surface area contributed by atoms with Crippen LogP contribution in [0.3, 0.4) is 0 Å². The first-order chi connectivity index (χ1) is 9.63. The Morgan fingerprint density at radius 1 is 1.29 bits per heavy atom. The average molecular weight is 332 g/mol. The SMILES string of the molecule is COc1cc2sc(CN)nc2cc1OCCCN(C)C.Cl. The molecule has 2 N–H and O–H groups in total. The van der Waals surface area contributed by atoms with Gasteiger partial charge in [-0.25, -0.2) is 4.98 Å². The van der Waals surface area contributed by atoms with Crippen molar-refractivity contribution in [1.29, 1.82) is 0 Å². The zero-order chi connectivity index (χ0) is 14.5. The Labute approximate surface area is 135 Å². The van der Waals surface area contributed by atoms with Crippen LogP contribution < -0.4 is 15.2 Å². The van der Waals surface area contributed by atoms with Crippen molar-refractivity contribution in [2.75, 3.05) is 34.4 Å². The van der Waals surface area contributed by atoms with Crippen LogP contribution in [0.2, 0.25) is 0 Å². The molecule has 1 heterocycles. The Kier molecular flexibility index (Phi) is 7.17. The normalized spacial score (nSPS) is 10.7. The third kappa shape index (κ3) is 4.71. The Morgan fingerprint density at radius 3 is 2.67 bits per heavy atom. The number of halogens is 1. The van der Waals surface area contributed by atoms with Crippen LogP contribution in [-0.2, 0) is 6.54 Å². The van der Waals surface area contributed by atoms with E-state index in [1.165, 1.54) is 0 Å². The van der Waals surface area contributed by atoms with E-state index in [4.69, 9.17) is 15.2 Å². The van der Waals surface area contributed by atoms with Crippen LogP contribution in [0.4, 0.5) is 0 Å². The van der Waals surface area contributed by atoms with Crippen molar-refractivity contribution < 1.29 is 9.47 Å². The lowest BCUT2D eigenvalue weighted by Gasteiger charge is -2.12. The minimum absolute atomic E-state index is 0. The number of hydrogen-bond acceptors (Lipinski definition) is 6. The maximum absolute atomic E-state index is 5.81. The Balaban J connectivity index is 0.00000220. The first-order valence-corrected chi connectivity index (χ1v) is 7.40. The van der Waals surface area contributed by atoms with E-state index >= 15 is 0 Å². The van der Waals surface area contributed by atoms with E-state index in [-0.39, 0.29) is 12.4 Å². The second-order valence-electron chi connectivity index (χ2n) is 4.79. The number of thiazole rings is 1. The number of nitrogens with two attached hydrogens (primary N) is 1. The predicted octanol–water partition coefficient (Wildman–Crippen LogP) is 2.52. The number of methoxy groups -OCH3 is 1. The molecule has 0 spiro atoms. The maximum Gasteiger partial charge on any atom is 0.163 e. The summed E-state index contributed by atoms with van der Waals surface area (Å²) in [4.78, 5) is 6.61. The monoisotopic (exact) mass is 331 g/mol. The molecule has 0 saturated heterocycles. The lowest BCUT2D eigenvalue weighted by molar-refractivity contribution is 0.268. The summed E-state index contributed by atoms with van der Waals surface area (Å²) < 4.78 is 12.3. The van der Waals surface area contributed by atoms with Crippen LogP contribution in [-0.4, -0.2) is 44.2 Å². The van der Waals surface area contributed by atoms with Crippen LogP contribution in [0.5, 0.6) is 11.5 Å². The highest BCUT2D eigenvalue weighted by Crippen LogP contribution is 2.34. The summed E-state index contributed by atoms with van der Waals surface area (Å²) in [5, 5.41) is 0.923. The van der Waals surface area contributed by atoms with Crippen molar-refractivity contribution >= 4 is 34.0 Å². The van der Waals surface area contributed by atoms with Crippen molar-refractivity contribution in [3.8, 4) is 11.5 Å². The molecule has 0 fully saturated rings. The van der Waals surface area contributed by atoms with Gasteiger partial charge in [-0.05, 0) is 20.5 Å². The van der Waals surface area contributed by atoms with Crippen LogP contribution in [0.1, 0.15) is 11.4 Å². The van der Waals surface area contributed by atoms with E-state index in [0.717, 1.165) is 39.7 Å². The van der Waals surface area contributed by atoms with Crippen LogP contribution in [0.15, 0.2) is 12.1 Å². The molecule has 0 amide bonds. The van der Waals surface area contributed by atoms with E-state index in [0.29, 0.717) is 13.2 Å². The third-order valence-electron chi connectivity index (χ3n) is 2.90. The van der Waals surface area contributed by atoms with Gasteiger partial charge in [0.25, 0.3) is 0 Å². The standard InChI is InChI=1S/C14H21N3O2S.ClH/c1-17(2)5-4-6-19-12-7-10-13(8-11(12)18-3)20-14(9-15)16-10;/h7-8H,4-6,9,15H2,1-3H3;1H. The highest BCUT2D eigenvalue weighted by molar-refractivity contribution is 7.18. The highest BCUT2D eigenvalue weighted by atomic mass is 35.5. The molecule has 0 aliphatic heterocycles. The molecule has 7 heteroatoms. The smallest absolute Gasteiger partial charge is 0.163 e. The molecule has 2 rings (SSSR count). The predicted molar refractivity (Wildman–Crippen MR) is 90.0 cm³/mol. The fourth-order valence-electron chi connectivity index (χ4n) is 1.91. The van der Waals surface area contributed by atoms with Crippen LogP contribution in [0.25, 0.3) is 10.2 Å². The van der Waals surface area contributed by atoms with Gasteiger partial charge in [0.1, 0.15) is 5.01 Å². The number of hydrogen-bond donors (Lipinski definition) is 1. The molecule has 0 radical (unpaired) electrons. The first kappa shape index (κ1) is 18.0. The molecular weight excluding hydrogens is 310 g/mol. The average Bonchev–Trinajstić information content (AvgIpc) is 2.84. The summed E-state index contributed by atoms with van der Waals surface area (Å²) >= 11 is 1.59. The Bertz CT molecular complexity index is 575. The van der Waals surface area contributed by atoms with Gasteiger partial charge in [-0.2, -0.15) is 0 Å². The second-order valence-corrected chi connectivity index (χ2v) is 5.90. The van der Waals surface area contributed by atoms with Crippen molar-refractivity contribution in [3.63, 3.8) is 0 Å². The van der Waals surface area contributed by atoms with E-state index in [1.54, 1.807) is 18.4 Å². The summed E-state index contributed by atoms with van der Waals surface area (Å²) in [7, 11) is 5.76. The number of fused-ring (bicyclic) bond motifs is 1. The number of nitrogens with zero attached hydrogens (tertiary/aromatic N) is 2. The number of rotatable bonds is 7. The molecule has 118 valence electrons. The number of ether oxygens (including phenoxy) is 2. The fraction of sp³-hybridized carbons (Fsp3) is 0.500. The van der Waals surface area contributed by atoms with Gasteiger partial charge in [-0.15, -0.1) is 23.7 Å². The molecule has 21 heavy (non-hydrogen) atoms. The summed E-state index contributed by atoms with van der Waals surface area (Å²) in [6, 6.07) is 3.90. The molecule has 0 atom stereocenters. The summed E-state index contributed by atoms with van der Waals surface area (Å²) in [6.45, 7) is 2.12. The molecule has 0 saturated carbocycles. The second kappa shape index (κ2) is 8.38. The first-order valence-electron chi connectivity index (χ1n) is 6.59. The summed E-state index contributed by atoms with van der Waals surface area (Å²) in [6.07, 6.45) is 0.972. The molecule has 5 nitrogen and oxygen atoms in total. The van der Waals surface area contributed by atoms with Gasteiger partial charge in [0.2, 0.25) is 0 Å². The van der Waals surface area contributed by atoms with E-state index in [2.05, 4.69) is 24.0 Å². The van der Waals surface area contributed by atoms with Crippen molar-refractivity contribution in [3.05, 3.63) is 17.1 Å². The van der Waals surface area contributed by atoms with E-state index < -0.39 is 0 Å². The van der Waals surface area contributed by atoms with Gasteiger partial charge in [0, 0.05) is 25.2 Å². The summed E-state index contributed by atoms with van der Waals surface area (Å²) in [5.41, 5.74) is 6.55. The molecule has 0 aliphatic rings. The highest BCUT2D eigenvalue weighted by Gasteiger charge is 2.10. The molecule has 2 aromatic rings. The zero-order valence-electron chi connectivity index (χ0n) is 12.6. The fourth-order valence-corrected chi connectivity index (χ4v) is 2.76. The van der Waals surface area contributed by atoms with Gasteiger partial charge in [0.05, 0.1) is 23.9 Å². The largest absolute Gasteiger partial charge is 0.493 e. The van der Waals surface area contributed by atoms with Gasteiger partial charge in [-0.3, -0.25) is 0 Å². The zero-order valence-corrected chi connectivity index (χ0v) is 14.2. The molecule has 0 bridgehead atoms. The Morgan fingerprint density at radius 2 is 2.05 bits per heavy atom. The van der Waals surface area contributed by atoms with Crippen molar-refractivity contribution in [2.45, 2.75) is 13.0 Å². The molecule has 0 aliphatic carbocycles. The van der Waals surface area contributed by atoms with Crippen molar-refractivity contribution in [1.82, 2.24) is 9.88 Å². The van der Waals surface area contributed by atoms with Gasteiger partial charge in [-0.1, -0.05) is 0 Å². The molecular formula is C14H22ClN3O2S. The number of aromatic nitrogens is 1. The minimum atomic E-state index is 0. The topological polar surface area (TPSA) is 60.6 Å². The van der Waals surface area contributed by atoms with Crippen molar-refractivity contribution in [2.24, 2.45) is 5.73 Å². The van der Waals surface area contributed by atoms with E-state index in [1.807, 2.05) is 12.1 Å². The summed E-state index contributed by atoms with van der Waals surface area (Å²) in [5.74, 6) is 1.49. The Hall–Kier alpha value is -1.08. The minimum Gasteiger partial charge on any atom is -0.493 e. The quantitative estimate of drug-likeness (QED) is 0.790. The third-order valence-corrected chi connectivity index (χ3v) is 3.94. The maximum atomic E-state index is 5.81. The van der Waals surface area contributed by atoms with Crippen LogP contribution in [0, 0.1) is 0 Å².